The van der Waals surface area contributed by atoms with Gasteiger partial charge in [0.15, 0.2) is 5.82 Å². The van der Waals surface area contributed by atoms with Gasteiger partial charge in [0.1, 0.15) is 29.4 Å². The van der Waals surface area contributed by atoms with Gasteiger partial charge in [-0.05, 0) is 36.9 Å². The zero-order chi connectivity index (χ0) is 33.1. The topological polar surface area (TPSA) is 74.5 Å². The molecule has 0 aliphatic carbocycles. The number of likely N-dealkylation sites (tertiary alicyclic amines) is 1. The quantitative estimate of drug-likeness (QED) is 0.101. The van der Waals surface area contributed by atoms with Crippen LogP contribution < -0.4 is 4.74 Å². The molecule has 2 aromatic carbocycles. The van der Waals surface area contributed by atoms with Crippen molar-refractivity contribution in [3.63, 3.8) is 0 Å². The molecule has 244 valence electrons. The number of aromatic nitrogens is 3. The zero-order valence-corrected chi connectivity index (χ0v) is 26.4. The predicted octanol–water partition coefficient (Wildman–Crippen LogP) is 6.22. The Morgan fingerprint density at radius 2 is 2.00 bits per heavy atom. The molecule has 0 bridgehead atoms. The monoisotopic (exact) mass is 667 g/mol. The van der Waals surface area contributed by atoms with Gasteiger partial charge in [-0.15, -0.1) is 0 Å². The number of nitrogens with zero attached hydrogens (tertiary/aromatic N) is 6. The van der Waals surface area contributed by atoms with Crippen molar-refractivity contribution in [1.29, 1.82) is 0 Å². The van der Waals surface area contributed by atoms with Gasteiger partial charge in [-0.25, -0.2) is 22.1 Å². The van der Waals surface area contributed by atoms with Crippen LogP contribution in [0.5, 0.6) is 6.01 Å². The Hall–Kier alpha value is -4.16. The van der Waals surface area contributed by atoms with Gasteiger partial charge in [-0.3, -0.25) is 14.7 Å². The fraction of sp³-hybridized carbons (Fsp3) is 0.382. The number of carbonyl (C=O) groups excluding carboxylic acids is 1. The van der Waals surface area contributed by atoms with Crippen molar-refractivity contribution in [3.8, 4) is 17.3 Å². The van der Waals surface area contributed by atoms with Crippen LogP contribution >= 0.6 is 11.6 Å². The van der Waals surface area contributed by atoms with E-state index < -0.39 is 41.8 Å². The summed E-state index contributed by atoms with van der Waals surface area (Å²) in [7, 11) is 1.51. The minimum Gasteiger partial charge on any atom is -0.443 e. The molecule has 0 spiro atoms. The Bertz CT molecular complexity index is 1950. The summed E-state index contributed by atoms with van der Waals surface area (Å²) in [5.74, 6) is -5.86. The van der Waals surface area contributed by atoms with E-state index in [1.54, 1.807) is 24.3 Å². The molecule has 0 N–H and O–H groups in total. The van der Waals surface area contributed by atoms with Crippen molar-refractivity contribution < 1.29 is 31.7 Å². The van der Waals surface area contributed by atoms with E-state index in [1.807, 2.05) is 12.1 Å². The Balaban J connectivity index is 1.34. The van der Waals surface area contributed by atoms with E-state index in [4.69, 9.17) is 16.3 Å². The van der Waals surface area contributed by atoms with Crippen LogP contribution in [0.4, 0.5) is 23.4 Å². The maximum Gasteiger partial charge on any atom is 0.434 e. The first-order valence-electron chi connectivity index (χ1n) is 15.4. The number of hydrogen-bond acceptors (Lipinski definition) is 6. The van der Waals surface area contributed by atoms with E-state index >= 15 is 13.2 Å². The van der Waals surface area contributed by atoms with Gasteiger partial charge >= 0.3 is 11.8 Å². The molecule has 5 heterocycles. The summed E-state index contributed by atoms with van der Waals surface area (Å²) < 4.78 is 68.7. The highest BCUT2D eigenvalue weighted by molar-refractivity contribution is 6.36. The van der Waals surface area contributed by atoms with Crippen LogP contribution in [0.1, 0.15) is 19.3 Å². The number of alkyl halides is 3. The average Bonchev–Trinajstić information content (AvgIpc) is 3.68. The van der Waals surface area contributed by atoms with Crippen molar-refractivity contribution in [2.24, 2.45) is 5.92 Å². The number of benzene rings is 2. The first-order valence-corrected chi connectivity index (χ1v) is 15.8. The molecule has 47 heavy (non-hydrogen) atoms. The second-order valence-electron chi connectivity index (χ2n) is 12.6. The second kappa shape index (κ2) is 11.8. The van der Waals surface area contributed by atoms with Gasteiger partial charge in [0.2, 0.25) is 5.91 Å². The van der Waals surface area contributed by atoms with Crippen LogP contribution in [0, 0.1) is 11.7 Å². The molecule has 3 aliphatic heterocycles. The SMILES string of the molecule is C=CC(=O)N1CC(/C=[N+](\C)c2nc(OC[C@@]34CCCN3C[C@H](F)C4)nc3c(F)c(-c4cccc5cccc(Cl)c45)ncc23)C(F)(F)C1. The summed E-state index contributed by atoms with van der Waals surface area (Å²) >= 11 is 6.55. The lowest BCUT2D eigenvalue weighted by atomic mass is 9.95. The van der Waals surface area contributed by atoms with Crippen LogP contribution in [-0.2, 0) is 4.79 Å². The Morgan fingerprint density at radius 3 is 2.79 bits per heavy atom. The Labute approximate surface area is 273 Å². The molecule has 2 aromatic heterocycles. The van der Waals surface area contributed by atoms with E-state index in [9.17, 15) is 9.18 Å². The normalized spacial score (nSPS) is 24.3. The summed E-state index contributed by atoms with van der Waals surface area (Å²) in [5.41, 5.74) is -0.203. The maximum absolute atomic E-state index is 16.6. The number of fused-ring (bicyclic) bond motifs is 3. The van der Waals surface area contributed by atoms with Crippen LogP contribution in [0.25, 0.3) is 32.9 Å². The number of pyridine rings is 1. The third-order valence-electron chi connectivity index (χ3n) is 9.57. The van der Waals surface area contributed by atoms with E-state index in [1.165, 1.54) is 24.0 Å². The summed E-state index contributed by atoms with van der Waals surface area (Å²) in [6.07, 6.45) is 4.63. The van der Waals surface area contributed by atoms with E-state index in [-0.39, 0.29) is 41.6 Å². The number of hydrogen-bond donors (Lipinski definition) is 0. The van der Waals surface area contributed by atoms with Gasteiger partial charge in [-0.1, -0.05) is 48.5 Å². The number of halogens is 5. The van der Waals surface area contributed by atoms with Gasteiger partial charge in [0.25, 0.3) is 5.92 Å². The lowest BCUT2D eigenvalue weighted by Gasteiger charge is -2.30. The van der Waals surface area contributed by atoms with Crippen molar-refractivity contribution in [2.45, 2.75) is 36.9 Å². The molecular weight excluding hydrogens is 636 g/mol. The highest BCUT2D eigenvalue weighted by atomic mass is 35.5. The lowest BCUT2D eigenvalue weighted by molar-refractivity contribution is -0.406. The maximum atomic E-state index is 16.6. The Morgan fingerprint density at radius 1 is 1.21 bits per heavy atom. The van der Waals surface area contributed by atoms with Crippen LogP contribution in [0.2, 0.25) is 5.02 Å². The van der Waals surface area contributed by atoms with Gasteiger partial charge in [0.05, 0.1) is 31.3 Å². The summed E-state index contributed by atoms with van der Waals surface area (Å²) in [5, 5.41) is 1.99. The fourth-order valence-electron chi connectivity index (χ4n) is 7.28. The molecule has 3 atom stereocenters. The first-order chi connectivity index (χ1) is 22.5. The zero-order valence-electron chi connectivity index (χ0n) is 25.6. The van der Waals surface area contributed by atoms with Crippen molar-refractivity contribution in [3.05, 3.63) is 66.1 Å². The molecular formula is C34H32ClF4N6O2+. The molecule has 3 fully saturated rings. The molecule has 4 aromatic rings. The standard InChI is InChI=1S/C34H32ClF4N6O2/c1-3-26(46)44-16-21(34(38,39)18-44)15-43(2)31-24-14-40-29(23-9-4-7-20-8-5-10-25(35)27(20)23)28(37)30(24)41-32(42-31)47-19-33-11-6-12-45(33)17-22(36)13-33/h3-5,7-10,14-15,21-22H,1,6,11-13,16-19H2,2H3/q+1/b43-15+/t21?,22-,33+/m1/s1. The molecule has 0 saturated carbocycles. The number of ether oxygens (including phenoxy) is 1. The minimum absolute atomic E-state index is 0.00374. The van der Waals surface area contributed by atoms with Crippen molar-refractivity contribution >= 4 is 51.2 Å². The second-order valence-corrected chi connectivity index (χ2v) is 13.0. The molecule has 3 aliphatic rings. The highest BCUT2D eigenvalue weighted by Crippen LogP contribution is 2.41. The smallest absolute Gasteiger partial charge is 0.434 e. The number of amides is 1. The lowest BCUT2D eigenvalue weighted by Crippen LogP contribution is -2.43. The minimum atomic E-state index is -3.23. The third-order valence-corrected chi connectivity index (χ3v) is 9.88. The summed E-state index contributed by atoms with van der Waals surface area (Å²) in [6.45, 7) is 3.56. The molecule has 13 heteroatoms. The fourth-order valence-corrected chi connectivity index (χ4v) is 7.57. The number of rotatable bonds is 7. The largest absolute Gasteiger partial charge is 0.443 e. The van der Waals surface area contributed by atoms with Gasteiger partial charge in [-0.2, -0.15) is 4.98 Å². The van der Waals surface area contributed by atoms with Gasteiger partial charge < -0.3 is 9.64 Å². The van der Waals surface area contributed by atoms with Crippen LogP contribution in [0.15, 0.2) is 55.3 Å². The van der Waals surface area contributed by atoms with E-state index in [2.05, 4.69) is 26.4 Å². The molecule has 1 amide bonds. The molecule has 8 nitrogen and oxygen atoms in total. The van der Waals surface area contributed by atoms with E-state index in [0.717, 1.165) is 35.7 Å². The summed E-state index contributed by atoms with van der Waals surface area (Å²) in [6, 6.07) is 10.5. The summed E-state index contributed by atoms with van der Waals surface area (Å²) in [4.78, 5) is 28.7. The molecule has 3 saturated heterocycles. The van der Waals surface area contributed by atoms with Crippen LogP contribution in [-0.4, -0.2) is 98.9 Å². The molecule has 0 radical (unpaired) electrons. The average molecular weight is 668 g/mol. The first kappa shape index (κ1) is 31.4. The van der Waals surface area contributed by atoms with Crippen LogP contribution in [0.3, 0.4) is 0 Å². The highest BCUT2D eigenvalue weighted by Gasteiger charge is 2.51. The van der Waals surface area contributed by atoms with Crippen molar-refractivity contribution in [1.82, 2.24) is 24.8 Å². The predicted molar refractivity (Wildman–Crippen MR) is 171 cm³/mol. The molecule has 1 unspecified atom stereocenters. The third kappa shape index (κ3) is 5.50. The number of carbonyl (C=O) groups is 1. The van der Waals surface area contributed by atoms with Crippen molar-refractivity contribution in [2.75, 3.05) is 39.8 Å². The Kier molecular flexibility index (Phi) is 7.91. The van der Waals surface area contributed by atoms with E-state index in [0.29, 0.717) is 28.9 Å². The van der Waals surface area contributed by atoms with Gasteiger partial charge in [0, 0.05) is 46.7 Å². The molecule has 7 rings (SSSR count).